The van der Waals surface area contributed by atoms with Crippen LogP contribution in [0.2, 0.25) is 10.0 Å². The highest BCUT2D eigenvalue weighted by Gasteiger charge is 2.70. The minimum absolute atomic E-state index is 0.102. The zero-order valence-corrected chi connectivity index (χ0v) is 31.5. The van der Waals surface area contributed by atoms with E-state index < -0.39 is 46.8 Å². The van der Waals surface area contributed by atoms with Crippen molar-refractivity contribution >= 4 is 74.1 Å². The van der Waals surface area contributed by atoms with Gasteiger partial charge in [-0.3, -0.25) is 29.5 Å². The SMILES string of the molecule is COc1ccc(C23C(=O)N(Nc4ccc(Cl)cc4Cl)C(=O)C2CC2C(=CCC4C(=O)N(c5ccccc5)C(=O)C42)C3c2cc(Br)c(O)c(OC)c2)cc1. The van der Waals surface area contributed by atoms with Gasteiger partial charge in [0.2, 0.25) is 11.8 Å². The number of carbonyl (C=O) groups is 4. The lowest BCUT2D eigenvalue weighted by Gasteiger charge is -2.50. The molecule has 2 saturated heterocycles. The number of nitrogens with one attached hydrogen (secondary N) is 1. The molecule has 4 aromatic carbocycles. The maximum atomic E-state index is 15.4. The number of ether oxygens (including phenoxy) is 2. The smallest absolute Gasteiger partial charge is 0.260 e. The van der Waals surface area contributed by atoms with Crippen molar-refractivity contribution in [2.75, 3.05) is 24.5 Å². The Morgan fingerprint density at radius 1 is 0.868 bits per heavy atom. The second-order valence-electron chi connectivity index (χ2n) is 13.6. The molecule has 4 aliphatic rings. The molecule has 2 N–H and O–H groups in total. The molecule has 0 bridgehead atoms. The van der Waals surface area contributed by atoms with E-state index in [0.717, 1.165) is 10.6 Å². The molecule has 2 aliphatic carbocycles. The minimum Gasteiger partial charge on any atom is -0.503 e. The highest BCUT2D eigenvalue weighted by molar-refractivity contribution is 9.10. The molecule has 2 heterocycles. The van der Waals surface area contributed by atoms with Crippen molar-refractivity contribution in [3.63, 3.8) is 0 Å². The number of aromatic hydroxyl groups is 1. The summed E-state index contributed by atoms with van der Waals surface area (Å²) in [5.74, 6) is -5.04. The van der Waals surface area contributed by atoms with Crippen LogP contribution in [-0.4, -0.2) is 48.0 Å². The van der Waals surface area contributed by atoms with Crippen LogP contribution in [0.5, 0.6) is 17.2 Å². The summed E-state index contributed by atoms with van der Waals surface area (Å²) in [6, 6.07) is 23.9. The van der Waals surface area contributed by atoms with Gasteiger partial charge in [-0.1, -0.05) is 65.2 Å². The summed E-state index contributed by atoms with van der Waals surface area (Å²) in [4.78, 5) is 60.1. The number of phenols is 1. The average Bonchev–Trinajstić information content (AvgIpc) is 3.54. The van der Waals surface area contributed by atoms with Crippen LogP contribution in [-0.2, 0) is 24.6 Å². The van der Waals surface area contributed by atoms with Crippen LogP contribution in [0.3, 0.4) is 0 Å². The van der Waals surface area contributed by atoms with Crippen molar-refractivity contribution in [2.45, 2.75) is 24.2 Å². The fourth-order valence-corrected chi connectivity index (χ4v) is 9.88. The number of para-hydroxylation sites is 1. The van der Waals surface area contributed by atoms with Crippen LogP contribution >= 0.6 is 39.1 Å². The van der Waals surface area contributed by atoms with Gasteiger partial charge in [0.05, 0.1) is 58.3 Å². The molecule has 10 nitrogen and oxygen atoms in total. The molecule has 6 atom stereocenters. The van der Waals surface area contributed by atoms with Gasteiger partial charge in [0.15, 0.2) is 11.5 Å². The summed E-state index contributed by atoms with van der Waals surface area (Å²) < 4.78 is 11.4. The van der Waals surface area contributed by atoms with Gasteiger partial charge >= 0.3 is 0 Å². The molecule has 2 aliphatic heterocycles. The Hall–Kier alpha value is -4.84. The summed E-state index contributed by atoms with van der Waals surface area (Å²) in [7, 11) is 2.96. The third-order valence-electron chi connectivity index (χ3n) is 11.2. The molecule has 4 amide bonds. The maximum absolute atomic E-state index is 15.4. The van der Waals surface area contributed by atoms with E-state index >= 15 is 4.79 Å². The molecule has 8 rings (SSSR count). The molecule has 0 spiro atoms. The summed E-state index contributed by atoms with van der Waals surface area (Å²) >= 11 is 16.2. The lowest BCUT2D eigenvalue weighted by atomic mass is 9.49. The molecule has 13 heteroatoms. The van der Waals surface area contributed by atoms with Crippen LogP contribution < -0.4 is 19.8 Å². The topological polar surface area (TPSA) is 125 Å². The first kappa shape index (κ1) is 35.2. The fraction of sp³-hybridized carbons (Fsp3) is 0.250. The number of benzene rings is 4. The van der Waals surface area contributed by atoms with Gasteiger partial charge in [-0.25, -0.2) is 0 Å². The zero-order chi connectivity index (χ0) is 37.3. The number of imide groups is 2. The number of allylic oxidation sites excluding steroid dienone is 2. The lowest BCUT2D eigenvalue weighted by molar-refractivity contribution is -0.138. The number of amides is 4. The minimum atomic E-state index is -1.57. The number of halogens is 3. The third-order valence-corrected chi connectivity index (χ3v) is 12.4. The predicted molar refractivity (Wildman–Crippen MR) is 202 cm³/mol. The summed E-state index contributed by atoms with van der Waals surface area (Å²) in [6.45, 7) is 0. The van der Waals surface area contributed by atoms with Crippen molar-refractivity contribution in [2.24, 2.45) is 23.7 Å². The third kappa shape index (κ3) is 5.26. The van der Waals surface area contributed by atoms with E-state index in [1.807, 2.05) is 12.1 Å². The molecular weight excluding hydrogens is 785 g/mol. The summed E-state index contributed by atoms with van der Waals surface area (Å²) in [6.07, 6.45) is 2.32. The average molecular weight is 818 g/mol. The quantitative estimate of drug-likeness (QED) is 0.144. The van der Waals surface area contributed by atoms with Crippen molar-refractivity contribution < 1.29 is 33.8 Å². The number of phenolic OH excluding ortho intramolecular Hbond substituents is 1. The highest BCUT2D eigenvalue weighted by atomic mass is 79.9. The molecule has 0 aromatic heterocycles. The Labute approximate surface area is 323 Å². The molecule has 0 radical (unpaired) electrons. The number of methoxy groups -OCH3 is 2. The Balaban J connectivity index is 1.36. The fourth-order valence-electron chi connectivity index (χ4n) is 8.97. The van der Waals surface area contributed by atoms with Gasteiger partial charge in [-0.05, 0) is 100 Å². The van der Waals surface area contributed by atoms with Crippen LogP contribution in [0.25, 0.3) is 0 Å². The van der Waals surface area contributed by atoms with Gasteiger partial charge in [0, 0.05) is 10.9 Å². The first-order valence-corrected chi connectivity index (χ1v) is 18.5. The summed E-state index contributed by atoms with van der Waals surface area (Å²) in [5.41, 5.74) is 4.05. The first-order valence-electron chi connectivity index (χ1n) is 16.9. The molecule has 4 aromatic rings. The predicted octanol–water partition coefficient (Wildman–Crippen LogP) is 7.67. The molecule has 3 fully saturated rings. The van der Waals surface area contributed by atoms with E-state index in [9.17, 15) is 19.5 Å². The zero-order valence-electron chi connectivity index (χ0n) is 28.4. The number of hydrazine groups is 1. The second kappa shape index (κ2) is 13.2. The van der Waals surface area contributed by atoms with Crippen molar-refractivity contribution in [3.8, 4) is 17.2 Å². The van der Waals surface area contributed by atoms with Crippen molar-refractivity contribution in [1.29, 1.82) is 0 Å². The lowest BCUT2D eigenvalue weighted by Crippen LogP contribution is -2.53. The van der Waals surface area contributed by atoms with E-state index in [-0.39, 0.29) is 41.2 Å². The maximum Gasteiger partial charge on any atom is 0.260 e. The van der Waals surface area contributed by atoms with E-state index in [0.29, 0.717) is 37.7 Å². The monoisotopic (exact) mass is 815 g/mol. The van der Waals surface area contributed by atoms with Crippen molar-refractivity contribution in [3.05, 3.63) is 122 Å². The Morgan fingerprint density at radius 2 is 1.60 bits per heavy atom. The molecular formula is C40H32BrCl2N3O7. The summed E-state index contributed by atoms with van der Waals surface area (Å²) in [5, 5.41) is 12.5. The number of rotatable bonds is 7. The van der Waals surface area contributed by atoms with Gasteiger partial charge in [0.1, 0.15) is 5.75 Å². The molecule has 270 valence electrons. The largest absolute Gasteiger partial charge is 0.503 e. The van der Waals surface area contributed by atoms with E-state index in [4.69, 9.17) is 32.7 Å². The Morgan fingerprint density at radius 3 is 2.28 bits per heavy atom. The number of hydrogen-bond acceptors (Lipinski definition) is 8. The number of carbonyl (C=O) groups excluding carboxylic acids is 4. The normalized spacial score (nSPS) is 26.2. The van der Waals surface area contributed by atoms with Crippen LogP contribution in [0.4, 0.5) is 11.4 Å². The van der Waals surface area contributed by atoms with E-state index in [1.54, 1.807) is 72.8 Å². The van der Waals surface area contributed by atoms with Crippen molar-refractivity contribution in [1.82, 2.24) is 5.01 Å². The second-order valence-corrected chi connectivity index (χ2v) is 15.3. The van der Waals surface area contributed by atoms with Gasteiger partial charge in [-0.15, -0.1) is 0 Å². The Bertz CT molecular complexity index is 2230. The number of fused-ring (bicyclic) bond motifs is 4. The standard InChI is InChI=1S/C40H32BrCl2N3O7/c1-52-24-11-8-21(9-12-24)40-28(37(49)46(39(40)51)44-31-15-10-22(42)18-30(31)43)19-27-25(34(40)20-16-29(41)35(47)32(17-20)53-2)13-14-26-33(27)38(50)45(36(26)48)23-6-4-3-5-7-23/h3-13,15-18,26-28,33-34,44,47H,14,19H2,1-2H3. The van der Waals surface area contributed by atoms with Crippen LogP contribution in [0, 0.1) is 23.7 Å². The number of nitrogens with zero attached hydrogens (tertiary/aromatic N) is 2. The Kier molecular flexibility index (Phi) is 8.79. The first-order chi connectivity index (χ1) is 25.5. The highest BCUT2D eigenvalue weighted by Crippen LogP contribution is 2.65. The van der Waals surface area contributed by atoms with E-state index in [2.05, 4.69) is 21.4 Å². The number of anilines is 2. The molecule has 1 saturated carbocycles. The van der Waals surface area contributed by atoms with Gasteiger partial charge in [-0.2, -0.15) is 5.01 Å². The van der Waals surface area contributed by atoms with E-state index in [1.165, 1.54) is 25.2 Å². The molecule has 6 unspecified atom stereocenters. The van der Waals surface area contributed by atoms with Crippen LogP contribution in [0.1, 0.15) is 29.9 Å². The number of hydrogen-bond donors (Lipinski definition) is 2. The van der Waals surface area contributed by atoms with Gasteiger partial charge < -0.3 is 14.6 Å². The molecule has 53 heavy (non-hydrogen) atoms. The van der Waals surface area contributed by atoms with Gasteiger partial charge in [0.25, 0.3) is 11.8 Å². The van der Waals surface area contributed by atoms with Crippen LogP contribution in [0.15, 0.2) is 101 Å².